The topological polar surface area (TPSA) is 69.7 Å². The molecule has 1 aromatic carbocycles. The van der Waals surface area contributed by atoms with Crippen LogP contribution in [0.3, 0.4) is 0 Å². The molecule has 1 atom stereocenters. The molecule has 0 aliphatic carbocycles. The van der Waals surface area contributed by atoms with Gasteiger partial charge in [0.15, 0.2) is 0 Å². The van der Waals surface area contributed by atoms with Crippen LogP contribution in [-0.4, -0.2) is 59.7 Å². The van der Waals surface area contributed by atoms with Crippen molar-refractivity contribution in [2.75, 3.05) is 26.2 Å². The number of amides is 3. The number of piperazine rings is 1. The summed E-state index contributed by atoms with van der Waals surface area (Å²) in [5.74, 6) is 1.42. The lowest BCUT2D eigenvalue weighted by Gasteiger charge is -2.39. The highest BCUT2D eigenvalue weighted by atomic mass is 35.5. The molecule has 1 saturated heterocycles. The summed E-state index contributed by atoms with van der Waals surface area (Å²) in [5.41, 5.74) is 0.817. The maximum absolute atomic E-state index is 12.9. The van der Waals surface area contributed by atoms with Crippen LogP contribution in [0.1, 0.15) is 12.0 Å². The van der Waals surface area contributed by atoms with Gasteiger partial charge in [-0.25, -0.2) is 0 Å². The minimum Gasteiger partial charge on any atom is -0.353 e. The van der Waals surface area contributed by atoms with Gasteiger partial charge >= 0.3 is 0 Å². The molecule has 148 valence electrons. The Morgan fingerprint density at radius 3 is 2.79 bits per heavy atom. The minimum absolute atomic E-state index is 0.0270. The van der Waals surface area contributed by atoms with Gasteiger partial charge in [-0.3, -0.25) is 14.4 Å². The predicted molar refractivity (Wildman–Crippen MR) is 109 cm³/mol. The fourth-order valence-electron chi connectivity index (χ4n) is 2.95. The zero-order valence-corrected chi connectivity index (χ0v) is 16.8. The van der Waals surface area contributed by atoms with Crippen molar-refractivity contribution in [3.05, 3.63) is 46.5 Å². The van der Waals surface area contributed by atoms with Crippen LogP contribution in [0.15, 0.2) is 30.9 Å². The van der Waals surface area contributed by atoms with Crippen LogP contribution in [0.4, 0.5) is 0 Å². The number of terminal acetylenes is 1. The fourth-order valence-corrected chi connectivity index (χ4v) is 3.45. The molecule has 3 amide bonds. The minimum atomic E-state index is -0.928. The van der Waals surface area contributed by atoms with Gasteiger partial charge in [0.2, 0.25) is 17.7 Å². The zero-order chi connectivity index (χ0) is 20.7. The van der Waals surface area contributed by atoms with Crippen molar-refractivity contribution in [3.8, 4) is 12.3 Å². The van der Waals surface area contributed by atoms with Gasteiger partial charge in [0.05, 0.1) is 19.5 Å². The highest BCUT2D eigenvalue weighted by molar-refractivity contribution is 6.35. The fraction of sp³-hybridized carbons (Fsp3) is 0.350. The summed E-state index contributed by atoms with van der Waals surface area (Å²) < 4.78 is 0. The van der Waals surface area contributed by atoms with E-state index in [1.54, 1.807) is 18.2 Å². The molecule has 0 spiro atoms. The first-order chi connectivity index (χ1) is 13.4. The Balaban J connectivity index is 2.12. The molecule has 0 saturated carbocycles. The molecule has 28 heavy (non-hydrogen) atoms. The maximum atomic E-state index is 12.9. The first kappa shape index (κ1) is 21.8. The van der Waals surface area contributed by atoms with E-state index in [0.717, 1.165) is 5.56 Å². The van der Waals surface area contributed by atoms with Gasteiger partial charge in [-0.05, 0) is 24.1 Å². The van der Waals surface area contributed by atoms with Gasteiger partial charge in [0, 0.05) is 23.1 Å². The number of hydrogen-bond acceptors (Lipinski definition) is 3. The van der Waals surface area contributed by atoms with Gasteiger partial charge in [-0.2, -0.15) is 0 Å². The number of hydrogen-bond donors (Lipinski definition) is 1. The van der Waals surface area contributed by atoms with E-state index < -0.39 is 6.04 Å². The van der Waals surface area contributed by atoms with E-state index in [2.05, 4.69) is 17.8 Å². The highest BCUT2D eigenvalue weighted by Gasteiger charge is 2.39. The summed E-state index contributed by atoms with van der Waals surface area (Å²) >= 11 is 12.1. The molecule has 1 aromatic rings. The van der Waals surface area contributed by atoms with Crippen molar-refractivity contribution >= 4 is 40.9 Å². The van der Waals surface area contributed by atoms with Gasteiger partial charge in [-0.15, -0.1) is 13.0 Å². The first-order valence-corrected chi connectivity index (χ1v) is 9.46. The quantitative estimate of drug-likeness (QED) is 0.514. The van der Waals surface area contributed by atoms with E-state index in [0.29, 0.717) is 23.0 Å². The van der Waals surface area contributed by atoms with Crippen molar-refractivity contribution < 1.29 is 14.4 Å². The normalized spacial score (nSPS) is 16.7. The summed E-state index contributed by atoms with van der Waals surface area (Å²) in [7, 11) is 0. The van der Waals surface area contributed by atoms with Crippen LogP contribution in [0.5, 0.6) is 0 Å². The standard InChI is InChI=1S/C20H21Cl2N3O3/c1-3-8-23-18(26)12-17-20(28)24(13-19(27)25(17)9-4-2)10-7-14-5-6-15(21)11-16(14)22/h2-3,5-6,11,17H,1,7-10,12-13H2,(H,23,26). The van der Waals surface area contributed by atoms with Crippen LogP contribution in [0.2, 0.25) is 10.0 Å². The van der Waals surface area contributed by atoms with E-state index in [9.17, 15) is 14.4 Å². The van der Waals surface area contributed by atoms with Gasteiger partial charge in [0.1, 0.15) is 6.04 Å². The molecule has 1 N–H and O–H groups in total. The summed E-state index contributed by atoms with van der Waals surface area (Å²) in [4.78, 5) is 40.3. The second kappa shape index (κ2) is 10.2. The number of carbonyl (C=O) groups is 3. The largest absolute Gasteiger partial charge is 0.353 e. The van der Waals surface area contributed by atoms with Crippen molar-refractivity contribution in [1.29, 1.82) is 0 Å². The lowest BCUT2D eigenvalue weighted by atomic mass is 10.0. The van der Waals surface area contributed by atoms with Crippen LogP contribution in [0, 0.1) is 12.3 Å². The lowest BCUT2D eigenvalue weighted by molar-refractivity contribution is -0.156. The lowest BCUT2D eigenvalue weighted by Crippen LogP contribution is -2.61. The Morgan fingerprint density at radius 2 is 2.14 bits per heavy atom. The molecule has 1 heterocycles. The van der Waals surface area contributed by atoms with Crippen molar-refractivity contribution in [3.63, 3.8) is 0 Å². The number of halogens is 2. The number of nitrogens with one attached hydrogen (secondary N) is 1. The second-order valence-electron chi connectivity index (χ2n) is 6.28. The van der Waals surface area contributed by atoms with Crippen LogP contribution in [0.25, 0.3) is 0 Å². The maximum Gasteiger partial charge on any atom is 0.246 e. The molecule has 1 unspecified atom stereocenters. The molecule has 1 aliphatic rings. The number of nitrogens with zero attached hydrogens (tertiary/aromatic N) is 2. The summed E-state index contributed by atoms with van der Waals surface area (Å²) in [6.45, 7) is 3.99. The molecule has 1 fully saturated rings. The van der Waals surface area contributed by atoms with Crippen LogP contribution < -0.4 is 5.32 Å². The van der Waals surface area contributed by atoms with Crippen molar-refractivity contribution in [1.82, 2.24) is 15.1 Å². The summed E-state index contributed by atoms with van der Waals surface area (Å²) in [6.07, 6.45) is 7.17. The van der Waals surface area contributed by atoms with Crippen molar-refractivity contribution in [2.45, 2.75) is 18.9 Å². The van der Waals surface area contributed by atoms with Crippen molar-refractivity contribution in [2.24, 2.45) is 0 Å². The Morgan fingerprint density at radius 1 is 1.39 bits per heavy atom. The Hall–Kier alpha value is -2.49. The highest BCUT2D eigenvalue weighted by Crippen LogP contribution is 2.22. The monoisotopic (exact) mass is 421 g/mol. The zero-order valence-electron chi connectivity index (χ0n) is 15.3. The second-order valence-corrected chi connectivity index (χ2v) is 7.13. The molecule has 6 nitrogen and oxygen atoms in total. The van der Waals surface area contributed by atoms with Crippen LogP contribution in [-0.2, 0) is 20.8 Å². The third kappa shape index (κ3) is 5.51. The molecule has 1 aliphatic heterocycles. The molecular weight excluding hydrogens is 401 g/mol. The summed E-state index contributed by atoms with van der Waals surface area (Å²) in [6, 6.07) is 4.20. The summed E-state index contributed by atoms with van der Waals surface area (Å²) in [5, 5.41) is 3.64. The third-order valence-electron chi connectivity index (χ3n) is 4.37. The van der Waals surface area contributed by atoms with Crippen LogP contribution >= 0.6 is 23.2 Å². The molecule has 0 bridgehead atoms. The van der Waals surface area contributed by atoms with Gasteiger partial charge < -0.3 is 15.1 Å². The number of rotatable bonds is 8. The molecule has 0 aromatic heterocycles. The van der Waals surface area contributed by atoms with E-state index in [-0.39, 0.29) is 43.8 Å². The number of carbonyl (C=O) groups excluding carboxylic acids is 3. The first-order valence-electron chi connectivity index (χ1n) is 8.70. The molecule has 0 radical (unpaired) electrons. The SMILES string of the molecule is C#CCN1C(=O)CN(CCc2ccc(Cl)cc2Cl)C(=O)C1CC(=O)NCC=C. The Labute approximate surface area is 174 Å². The average Bonchev–Trinajstić information content (AvgIpc) is 2.65. The van der Waals surface area contributed by atoms with Gasteiger partial charge in [0.25, 0.3) is 0 Å². The van der Waals surface area contributed by atoms with E-state index >= 15 is 0 Å². The number of benzene rings is 1. The van der Waals surface area contributed by atoms with Gasteiger partial charge in [-0.1, -0.05) is 41.3 Å². The molecular formula is C20H21Cl2N3O3. The van der Waals surface area contributed by atoms with E-state index in [1.165, 1.54) is 15.9 Å². The predicted octanol–water partition coefficient (Wildman–Crippen LogP) is 1.90. The molecule has 2 rings (SSSR count). The Kier molecular flexibility index (Phi) is 7.91. The van der Waals surface area contributed by atoms with E-state index in [4.69, 9.17) is 29.6 Å². The molecule has 8 heteroatoms. The van der Waals surface area contributed by atoms with E-state index in [1.807, 2.05) is 0 Å². The average molecular weight is 422 g/mol. The third-order valence-corrected chi connectivity index (χ3v) is 4.96. The Bertz CT molecular complexity index is 819. The smallest absolute Gasteiger partial charge is 0.246 e.